The highest BCUT2D eigenvalue weighted by Gasteiger charge is 2.35. The Labute approximate surface area is 132 Å². The lowest BCUT2D eigenvalue weighted by molar-refractivity contribution is 1.35. The van der Waals surface area contributed by atoms with E-state index in [-0.39, 0.29) is 0 Å². The van der Waals surface area contributed by atoms with Gasteiger partial charge in [-0.2, -0.15) is 0 Å². The maximum absolute atomic E-state index is 4.67. The summed E-state index contributed by atoms with van der Waals surface area (Å²) in [7, 11) is 0. The Balaban J connectivity index is 2.06. The van der Waals surface area contributed by atoms with Gasteiger partial charge in [0.05, 0.1) is 5.69 Å². The summed E-state index contributed by atoms with van der Waals surface area (Å²) >= 11 is 0. The van der Waals surface area contributed by atoms with Crippen LogP contribution in [-0.2, 0) is 0 Å². The van der Waals surface area contributed by atoms with E-state index in [1.165, 1.54) is 38.6 Å². The molecule has 0 unspecified atom stereocenters. The molecule has 1 aliphatic heterocycles. The first-order valence-corrected chi connectivity index (χ1v) is 7.79. The van der Waals surface area contributed by atoms with Crippen LogP contribution in [0.1, 0.15) is 16.7 Å². The fraction of sp³-hybridized carbons (Fsp3) is 0.150. The van der Waals surface area contributed by atoms with Crippen LogP contribution >= 0.6 is 0 Å². The number of nitrogens with zero attached hydrogens (tertiary/aromatic N) is 1. The van der Waals surface area contributed by atoms with Gasteiger partial charge in [0.15, 0.2) is 0 Å². The molecule has 0 amide bonds. The lowest BCUT2D eigenvalue weighted by Gasteiger charge is -2.16. The van der Waals surface area contributed by atoms with Crippen molar-refractivity contribution in [2.24, 2.45) is 0 Å². The maximum atomic E-state index is 4.67. The fourth-order valence-electron chi connectivity index (χ4n) is 3.77. The Hall–Kier alpha value is -2.35. The van der Waals surface area contributed by atoms with E-state index < -0.39 is 0 Å². The second kappa shape index (κ2) is 4.84. The molecule has 0 N–H and O–H groups in total. The third-order valence-electron chi connectivity index (χ3n) is 4.75. The number of hydrogen-bond donors (Lipinski definition) is 0. The molecule has 1 aliphatic rings. The molecule has 2 heterocycles. The average Bonchev–Trinajstić information content (AvgIpc) is 2.81. The summed E-state index contributed by atoms with van der Waals surface area (Å²) < 4.78 is 0. The minimum atomic E-state index is 0.305. The van der Waals surface area contributed by atoms with E-state index in [4.69, 9.17) is 0 Å². The van der Waals surface area contributed by atoms with Crippen molar-refractivity contribution in [2.75, 3.05) is 0 Å². The smallest absolute Gasteiger partial charge is 0.245 e. The predicted molar refractivity (Wildman–Crippen MR) is 95.0 cm³/mol. The Bertz CT molecular complexity index is 862. The Kier molecular flexibility index (Phi) is 2.93. The molecule has 0 spiro atoms. The van der Waals surface area contributed by atoms with Gasteiger partial charge in [-0.25, -0.2) is 0 Å². The lowest BCUT2D eigenvalue weighted by atomic mass is 9.37. The summed E-state index contributed by atoms with van der Waals surface area (Å²) in [6, 6.07) is 17.6. The van der Waals surface area contributed by atoms with Crippen molar-refractivity contribution < 1.29 is 0 Å². The molecule has 2 aromatic carbocycles. The van der Waals surface area contributed by atoms with Crippen LogP contribution < -0.4 is 16.4 Å². The van der Waals surface area contributed by atoms with Crippen molar-refractivity contribution in [1.82, 2.24) is 4.98 Å². The molecule has 0 saturated heterocycles. The molecule has 0 radical (unpaired) electrons. The number of aromatic nitrogens is 1. The zero-order valence-electron chi connectivity index (χ0n) is 13.2. The summed E-state index contributed by atoms with van der Waals surface area (Å²) in [5, 5.41) is 0. The van der Waals surface area contributed by atoms with Crippen molar-refractivity contribution in [3.63, 3.8) is 0 Å². The number of benzene rings is 2. The predicted octanol–water partition coefficient (Wildman–Crippen LogP) is 2.50. The van der Waals surface area contributed by atoms with Crippen molar-refractivity contribution in [3.8, 4) is 11.3 Å². The highest BCUT2D eigenvalue weighted by Crippen LogP contribution is 2.22. The van der Waals surface area contributed by atoms with E-state index in [0.717, 1.165) is 5.69 Å². The Morgan fingerprint density at radius 2 is 1.59 bits per heavy atom. The van der Waals surface area contributed by atoms with Gasteiger partial charge < -0.3 is 0 Å². The summed E-state index contributed by atoms with van der Waals surface area (Å²) in [6.45, 7) is 6.90. The number of fused-ring (bicyclic) bond motifs is 3. The molecule has 3 aromatic rings. The molecule has 22 heavy (non-hydrogen) atoms. The van der Waals surface area contributed by atoms with Crippen molar-refractivity contribution in [2.45, 2.75) is 20.8 Å². The number of hydrogen-bond acceptors (Lipinski definition) is 1. The molecule has 0 bridgehead atoms. The van der Waals surface area contributed by atoms with Crippen LogP contribution in [0, 0.1) is 20.8 Å². The first-order valence-electron chi connectivity index (χ1n) is 7.79. The van der Waals surface area contributed by atoms with Crippen LogP contribution in [0.3, 0.4) is 0 Å². The zero-order chi connectivity index (χ0) is 15.3. The van der Waals surface area contributed by atoms with Crippen LogP contribution in [-0.4, -0.2) is 11.7 Å². The normalized spacial score (nSPS) is 12.2. The van der Waals surface area contributed by atoms with Crippen LogP contribution in [0.25, 0.3) is 11.3 Å². The monoisotopic (exact) mass is 283 g/mol. The van der Waals surface area contributed by atoms with E-state index in [0.29, 0.717) is 6.71 Å². The molecule has 0 fully saturated rings. The van der Waals surface area contributed by atoms with Gasteiger partial charge in [0.25, 0.3) is 0 Å². The number of aryl methyl sites for hydroxylation is 3. The van der Waals surface area contributed by atoms with Crippen LogP contribution in [0.5, 0.6) is 0 Å². The third kappa shape index (κ3) is 1.84. The highest BCUT2D eigenvalue weighted by molar-refractivity contribution is 6.99. The van der Waals surface area contributed by atoms with Crippen LogP contribution in [0.4, 0.5) is 0 Å². The Morgan fingerprint density at radius 3 is 2.36 bits per heavy atom. The third-order valence-corrected chi connectivity index (χ3v) is 4.75. The molecule has 106 valence electrons. The van der Waals surface area contributed by atoms with E-state index in [1.807, 2.05) is 6.20 Å². The van der Waals surface area contributed by atoms with Crippen LogP contribution in [0.15, 0.2) is 54.7 Å². The van der Waals surface area contributed by atoms with Crippen molar-refractivity contribution >= 4 is 23.1 Å². The second-order valence-electron chi connectivity index (χ2n) is 6.27. The summed E-state index contributed by atoms with van der Waals surface area (Å²) in [5.74, 6) is 0. The molecule has 1 aromatic heterocycles. The van der Waals surface area contributed by atoms with E-state index in [1.54, 1.807) is 0 Å². The zero-order valence-corrected chi connectivity index (χ0v) is 13.2. The second-order valence-corrected chi connectivity index (χ2v) is 6.27. The molecule has 2 heteroatoms. The molecular weight excluding hydrogens is 265 g/mol. The maximum Gasteiger partial charge on any atom is 0.245 e. The summed E-state index contributed by atoms with van der Waals surface area (Å²) in [4.78, 5) is 4.67. The van der Waals surface area contributed by atoms with Crippen molar-refractivity contribution in [1.29, 1.82) is 0 Å². The molecule has 0 atom stereocenters. The number of rotatable bonds is 1. The van der Waals surface area contributed by atoms with E-state index in [2.05, 4.69) is 74.3 Å². The van der Waals surface area contributed by atoms with Gasteiger partial charge in [0, 0.05) is 6.20 Å². The molecule has 0 saturated carbocycles. The minimum absolute atomic E-state index is 0.305. The largest absolute Gasteiger partial charge is 0.257 e. The van der Waals surface area contributed by atoms with Gasteiger partial charge in [-0.15, -0.1) is 0 Å². The molecule has 4 rings (SSSR count). The minimum Gasteiger partial charge on any atom is -0.257 e. The van der Waals surface area contributed by atoms with Gasteiger partial charge in [0.1, 0.15) is 0 Å². The Morgan fingerprint density at radius 1 is 0.818 bits per heavy atom. The summed E-state index contributed by atoms with van der Waals surface area (Å²) in [5.41, 5.74) is 10.6. The van der Waals surface area contributed by atoms with Gasteiger partial charge in [0.2, 0.25) is 6.71 Å². The molecule has 1 nitrogen and oxygen atoms in total. The average molecular weight is 283 g/mol. The van der Waals surface area contributed by atoms with Gasteiger partial charge >= 0.3 is 0 Å². The molecular formula is C20H18BN. The van der Waals surface area contributed by atoms with E-state index in [9.17, 15) is 0 Å². The topological polar surface area (TPSA) is 12.9 Å². The highest BCUT2D eigenvalue weighted by atomic mass is 14.7. The van der Waals surface area contributed by atoms with Crippen molar-refractivity contribution in [3.05, 3.63) is 71.4 Å². The van der Waals surface area contributed by atoms with Crippen LogP contribution in [0.2, 0.25) is 0 Å². The molecule has 0 aliphatic carbocycles. The quantitative estimate of drug-likeness (QED) is 0.489. The van der Waals surface area contributed by atoms with Gasteiger partial charge in [-0.3, -0.25) is 4.98 Å². The lowest BCUT2D eigenvalue weighted by Crippen LogP contribution is -2.51. The summed E-state index contributed by atoms with van der Waals surface area (Å²) in [6.07, 6.45) is 1.90. The fourth-order valence-corrected chi connectivity index (χ4v) is 3.77. The first-order chi connectivity index (χ1) is 10.7. The number of pyridine rings is 1. The van der Waals surface area contributed by atoms with E-state index >= 15 is 0 Å². The first kappa shape index (κ1) is 13.3. The van der Waals surface area contributed by atoms with Gasteiger partial charge in [-0.05, 0) is 37.9 Å². The SMILES string of the molecule is Cc1ccc2c(c1)B(c1c(C)cccc1C)c1cccnc1-2. The van der Waals surface area contributed by atoms with Gasteiger partial charge in [-0.1, -0.05) is 70.1 Å². The standard InChI is InChI=1S/C20H18BN/c1-13-9-10-16-18(12-13)21(17-8-5-11-22-20(16)17)19-14(2)6-4-7-15(19)3/h4-12H,1-3H3.